The topological polar surface area (TPSA) is 201 Å². The molecule has 37 heavy (non-hydrogen) atoms. The number of guanidine groups is 2. The van der Waals surface area contributed by atoms with Crippen LogP contribution in [0.2, 0.25) is 0 Å². The normalized spacial score (nSPS) is 25.3. The van der Waals surface area contributed by atoms with Crippen molar-refractivity contribution in [2.75, 3.05) is 26.2 Å². The first-order valence-corrected chi connectivity index (χ1v) is 12.4. The van der Waals surface area contributed by atoms with Gasteiger partial charge in [-0.15, -0.1) is 0 Å². The molecule has 3 heterocycles. The van der Waals surface area contributed by atoms with E-state index in [4.69, 9.17) is 16.2 Å². The maximum Gasteiger partial charge on any atom is 0.407 e. The Balaban J connectivity index is 1.13. The Bertz CT molecular complexity index is 1080. The average molecular weight is 523 g/mol. The van der Waals surface area contributed by atoms with E-state index >= 15 is 0 Å². The van der Waals surface area contributed by atoms with Crippen molar-refractivity contribution < 1.29 is 38.5 Å². The fourth-order valence-electron chi connectivity index (χ4n) is 5.13. The van der Waals surface area contributed by atoms with E-state index in [-0.39, 0.29) is 36.7 Å². The SMILES string of the molecule is NC1=[NH+][C@H]2C(COC(=O)NCCCCCCNC(=O)c3ccc(F)cc3)NC(N)=[N+]3CCC(O)(O)[C@]23N1. The molecule has 14 heteroatoms. The lowest BCUT2D eigenvalue weighted by atomic mass is 9.87. The standard InChI is InChI=1S/C23H33FN8O5/c24-15-7-5-14(6-8-15)18(33)27-10-3-1-2-4-11-28-21(34)37-13-16-17-23(31-19(25)30-17)22(35,36)9-12-32(23)20(26)29-16/h5-8,16-17,35-36H,1-4,9-13H2,(H7,25,26,27,28,29,30,31,33,34)/p+2/t16?,17-,23-/m0/s1. The van der Waals surface area contributed by atoms with Gasteiger partial charge in [0.2, 0.25) is 5.79 Å². The van der Waals surface area contributed by atoms with Crippen molar-refractivity contribution in [2.45, 2.75) is 55.6 Å². The molecule has 1 aromatic carbocycles. The third-order valence-corrected chi connectivity index (χ3v) is 6.99. The molecule has 1 saturated heterocycles. The highest BCUT2D eigenvalue weighted by Crippen LogP contribution is 2.36. The van der Waals surface area contributed by atoms with Crippen molar-refractivity contribution in [2.24, 2.45) is 11.5 Å². The largest absolute Gasteiger partial charge is 0.446 e. The summed E-state index contributed by atoms with van der Waals surface area (Å²) in [7, 11) is 0. The van der Waals surface area contributed by atoms with Crippen molar-refractivity contribution >= 4 is 23.9 Å². The second-order valence-corrected chi connectivity index (χ2v) is 9.48. The number of nitrogens with two attached hydrogens (primary N) is 2. The highest BCUT2D eigenvalue weighted by Gasteiger charge is 2.74. The summed E-state index contributed by atoms with van der Waals surface area (Å²) >= 11 is 0. The molecule has 1 spiro atoms. The first-order chi connectivity index (χ1) is 17.6. The van der Waals surface area contributed by atoms with Gasteiger partial charge in [-0.05, 0) is 37.1 Å². The fourth-order valence-corrected chi connectivity index (χ4v) is 5.13. The predicted molar refractivity (Wildman–Crippen MR) is 129 cm³/mol. The highest BCUT2D eigenvalue weighted by molar-refractivity contribution is 5.94. The zero-order valence-corrected chi connectivity index (χ0v) is 20.4. The van der Waals surface area contributed by atoms with Gasteiger partial charge in [0.1, 0.15) is 18.5 Å². The van der Waals surface area contributed by atoms with E-state index in [2.05, 4.69) is 26.3 Å². The van der Waals surface area contributed by atoms with Gasteiger partial charge in [-0.2, -0.15) is 0 Å². The van der Waals surface area contributed by atoms with Crippen LogP contribution < -0.4 is 37.7 Å². The van der Waals surface area contributed by atoms with E-state index in [0.717, 1.165) is 25.7 Å². The van der Waals surface area contributed by atoms with Crippen LogP contribution in [0.25, 0.3) is 0 Å². The summed E-state index contributed by atoms with van der Waals surface area (Å²) in [5.41, 5.74) is 11.1. The second-order valence-electron chi connectivity index (χ2n) is 9.48. The van der Waals surface area contributed by atoms with Crippen LogP contribution in [0.15, 0.2) is 24.3 Å². The van der Waals surface area contributed by atoms with Crippen molar-refractivity contribution in [3.05, 3.63) is 35.6 Å². The van der Waals surface area contributed by atoms with Crippen molar-refractivity contribution in [1.29, 1.82) is 0 Å². The molecule has 3 aliphatic heterocycles. The molecule has 13 nitrogen and oxygen atoms in total. The number of rotatable bonds is 10. The first kappa shape index (κ1) is 26.4. The number of amides is 2. The number of nitrogens with zero attached hydrogens (tertiary/aromatic N) is 1. The van der Waals surface area contributed by atoms with Crippen LogP contribution in [0.5, 0.6) is 0 Å². The van der Waals surface area contributed by atoms with Crippen LogP contribution >= 0.6 is 0 Å². The number of nitrogens with one attached hydrogen (secondary N) is 5. The van der Waals surface area contributed by atoms with Crippen LogP contribution in [0, 0.1) is 5.82 Å². The number of alkyl carbamates (subject to hydrolysis) is 1. The number of halogens is 1. The number of benzene rings is 1. The number of carbonyl (C=O) groups is 2. The van der Waals surface area contributed by atoms with Gasteiger partial charge in [-0.25, -0.2) is 19.1 Å². The van der Waals surface area contributed by atoms with Gasteiger partial charge < -0.3 is 25.6 Å². The van der Waals surface area contributed by atoms with Crippen LogP contribution in [0.1, 0.15) is 42.5 Å². The minimum atomic E-state index is -2.11. The van der Waals surface area contributed by atoms with E-state index in [0.29, 0.717) is 25.2 Å². The summed E-state index contributed by atoms with van der Waals surface area (Å²) in [4.78, 5) is 27.2. The maximum atomic E-state index is 12.9. The quantitative estimate of drug-likeness (QED) is 0.0842. The first-order valence-electron chi connectivity index (χ1n) is 12.4. The molecule has 11 N–H and O–H groups in total. The number of carbonyl (C=O) groups excluding carboxylic acids is 2. The molecule has 4 rings (SSSR count). The van der Waals surface area contributed by atoms with Gasteiger partial charge >= 0.3 is 18.0 Å². The number of ether oxygens (including phenoxy) is 1. The molecule has 3 aliphatic rings. The zero-order chi connectivity index (χ0) is 26.6. The Kier molecular flexibility index (Phi) is 7.68. The Morgan fingerprint density at radius 3 is 2.51 bits per heavy atom. The van der Waals surface area contributed by atoms with E-state index in [9.17, 15) is 24.2 Å². The molecule has 202 valence electrons. The molecule has 3 atom stereocenters. The molecule has 1 aromatic rings. The van der Waals surface area contributed by atoms with Crippen molar-refractivity contribution in [1.82, 2.24) is 21.3 Å². The summed E-state index contributed by atoms with van der Waals surface area (Å²) in [5, 5.41) is 32.8. The van der Waals surface area contributed by atoms with Gasteiger partial charge in [0, 0.05) is 25.1 Å². The van der Waals surface area contributed by atoms with Gasteiger partial charge in [0.15, 0.2) is 6.04 Å². The van der Waals surface area contributed by atoms with Crippen LogP contribution in [-0.4, -0.2) is 88.5 Å². The average Bonchev–Trinajstić information content (AvgIpc) is 3.35. The molecule has 1 fully saturated rings. The Morgan fingerprint density at radius 2 is 1.81 bits per heavy atom. The lowest BCUT2D eigenvalue weighted by molar-refractivity contribution is -0.674. The van der Waals surface area contributed by atoms with Crippen LogP contribution in [0.3, 0.4) is 0 Å². The molecule has 0 bridgehead atoms. The molecule has 0 saturated carbocycles. The molecule has 0 aromatic heterocycles. The van der Waals surface area contributed by atoms with Gasteiger partial charge in [0.05, 0.1) is 6.54 Å². The monoisotopic (exact) mass is 522 g/mol. The number of hydrogen-bond donors (Lipinski definition) is 9. The second kappa shape index (κ2) is 10.8. The molecule has 2 amide bonds. The smallest absolute Gasteiger partial charge is 0.407 e. The van der Waals surface area contributed by atoms with E-state index in [1.165, 1.54) is 24.3 Å². The van der Waals surface area contributed by atoms with Gasteiger partial charge in [0.25, 0.3) is 11.6 Å². The van der Waals surface area contributed by atoms with Gasteiger partial charge in [-0.3, -0.25) is 26.6 Å². The maximum absolute atomic E-state index is 12.9. The van der Waals surface area contributed by atoms with Gasteiger partial charge in [-0.1, -0.05) is 12.8 Å². The lowest BCUT2D eigenvalue weighted by Crippen LogP contribution is -2.91. The molecular formula is C23H35FN8O5+2. The third-order valence-electron chi connectivity index (χ3n) is 6.99. The van der Waals surface area contributed by atoms with Crippen molar-refractivity contribution in [3.8, 4) is 0 Å². The highest BCUT2D eigenvalue weighted by atomic mass is 19.1. The van der Waals surface area contributed by atoms with E-state index < -0.39 is 29.6 Å². The Morgan fingerprint density at radius 1 is 1.14 bits per heavy atom. The molecule has 0 radical (unpaired) electrons. The predicted octanol–water partition coefficient (Wildman–Crippen LogP) is -3.71. The number of unbranched alkanes of at least 4 members (excludes halogenated alkanes) is 3. The fraction of sp³-hybridized carbons (Fsp3) is 0.565. The summed E-state index contributed by atoms with van der Waals surface area (Å²) < 4.78 is 19.9. The summed E-state index contributed by atoms with van der Waals surface area (Å²) in [6.45, 7) is 1.15. The van der Waals surface area contributed by atoms with E-state index in [1.807, 2.05) is 0 Å². The number of hydrogen-bond acceptors (Lipinski definition) is 9. The Hall–Kier alpha value is -3.65. The molecule has 1 unspecified atom stereocenters. The molecule has 0 aliphatic carbocycles. The lowest BCUT2D eigenvalue weighted by Gasteiger charge is -2.40. The number of aliphatic hydroxyl groups is 2. The summed E-state index contributed by atoms with van der Waals surface area (Å²) in [6, 6.07) is 4.17. The van der Waals surface area contributed by atoms with Crippen molar-refractivity contribution in [3.63, 3.8) is 0 Å². The van der Waals surface area contributed by atoms with Crippen LogP contribution in [-0.2, 0) is 4.74 Å². The van der Waals surface area contributed by atoms with E-state index in [1.54, 1.807) is 4.58 Å². The zero-order valence-electron chi connectivity index (χ0n) is 20.4. The minimum absolute atomic E-state index is 0.0581. The minimum Gasteiger partial charge on any atom is -0.446 e. The Labute approximate surface area is 213 Å². The summed E-state index contributed by atoms with van der Waals surface area (Å²) in [5.74, 6) is -2.33. The third kappa shape index (κ3) is 5.39. The molecular weight excluding hydrogens is 487 g/mol. The van der Waals surface area contributed by atoms with Crippen LogP contribution in [0.4, 0.5) is 9.18 Å². The summed E-state index contributed by atoms with van der Waals surface area (Å²) in [6.07, 6.45) is 2.69.